The molecule has 2 atom stereocenters. The standard InChI is InChI=1S/C23H19FN4O/c24-14-9-10-15(11-14)28-21(12-22-27-18-7-3-4-8-20(18)29-22)26-19-13-25-17-6-2-1-5-16(17)23(19)28/h1-8,13-15H,9-12H2/t14-,15+/m0/s1. The minimum Gasteiger partial charge on any atom is -0.440 e. The van der Waals surface area contributed by atoms with Crippen LogP contribution in [0.1, 0.15) is 37.0 Å². The van der Waals surface area contributed by atoms with Crippen LogP contribution in [0.25, 0.3) is 33.0 Å². The highest BCUT2D eigenvalue weighted by atomic mass is 19.1. The van der Waals surface area contributed by atoms with Crippen LogP contribution in [0.4, 0.5) is 4.39 Å². The van der Waals surface area contributed by atoms with Crippen molar-refractivity contribution >= 4 is 33.0 Å². The number of imidazole rings is 1. The van der Waals surface area contributed by atoms with Crippen LogP contribution in [0.5, 0.6) is 0 Å². The summed E-state index contributed by atoms with van der Waals surface area (Å²) in [6.45, 7) is 0. The summed E-state index contributed by atoms with van der Waals surface area (Å²) in [5.41, 5.74) is 4.38. The molecule has 6 heteroatoms. The molecule has 1 fully saturated rings. The lowest BCUT2D eigenvalue weighted by Gasteiger charge is -2.16. The Morgan fingerprint density at radius 1 is 0.966 bits per heavy atom. The Balaban J connectivity index is 1.55. The van der Waals surface area contributed by atoms with Gasteiger partial charge in [0.15, 0.2) is 5.58 Å². The number of halogens is 1. The van der Waals surface area contributed by atoms with Gasteiger partial charge in [-0.15, -0.1) is 0 Å². The third-order valence-electron chi connectivity index (χ3n) is 5.85. The molecule has 3 heterocycles. The Bertz CT molecular complexity index is 1320. The van der Waals surface area contributed by atoms with Gasteiger partial charge in [0.2, 0.25) is 5.89 Å². The average molecular weight is 386 g/mol. The number of rotatable bonds is 3. The van der Waals surface area contributed by atoms with Gasteiger partial charge in [0, 0.05) is 11.4 Å². The van der Waals surface area contributed by atoms with Crippen molar-refractivity contribution in [3.05, 3.63) is 66.4 Å². The highest BCUT2D eigenvalue weighted by Crippen LogP contribution is 2.37. The fraction of sp³-hybridized carbons (Fsp3) is 0.261. The molecule has 0 N–H and O–H groups in total. The van der Waals surface area contributed by atoms with E-state index in [0.717, 1.165) is 45.3 Å². The Labute approximate surface area is 166 Å². The van der Waals surface area contributed by atoms with Crippen molar-refractivity contribution < 1.29 is 8.81 Å². The molecule has 144 valence electrons. The molecule has 0 bridgehead atoms. The molecule has 0 aliphatic heterocycles. The van der Waals surface area contributed by atoms with Gasteiger partial charge in [-0.3, -0.25) is 4.98 Å². The second-order valence-electron chi connectivity index (χ2n) is 7.72. The topological polar surface area (TPSA) is 56.7 Å². The minimum atomic E-state index is -0.761. The molecule has 1 aliphatic rings. The molecule has 2 aromatic carbocycles. The van der Waals surface area contributed by atoms with E-state index in [2.05, 4.69) is 20.6 Å². The number of hydrogen-bond acceptors (Lipinski definition) is 4. The maximum absolute atomic E-state index is 14.1. The molecular weight excluding hydrogens is 367 g/mol. The Morgan fingerprint density at radius 3 is 2.62 bits per heavy atom. The van der Waals surface area contributed by atoms with E-state index in [1.807, 2.05) is 48.7 Å². The van der Waals surface area contributed by atoms with Crippen LogP contribution in [0.3, 0.4) is 0 Å². The first-order valence-electron chi connectivity index (χ1n) is 9.99. The summed E-state index contributed by atoms with van der Waals surface area (Å²) in [6.07, 6.45) is 3.43. The lowest BCUT2D eigenvalue weighted by atomic mass is 10.1. The normalized spacial score (nSPS) is 19.6. The molecule has 1 saturated carbocycles. The summed E-state index contributed by atoms with van der Waals surface area (Å²) < 4.78 is 22.3. The molecule has 0 saturated heterocycles. The largest absolute Gasteiger partial charge is 0.440 e. The van der Waals surface area contributed by atoms with Crippen LogP contribution < -0.4 is 0 Å². The van der Waals surface area contributed by atoms with Crippen molar-refractivity contribution in [1.29, 1.82) is 0 Å². The van der Waals surface area contributed by atoms with E-state index < -0.39 is 6.17 Å². The number of para-hydroxylation sites is 3. The fourth-order valence-electron chi connectivity index (χ4n) is 4.56. The van der Waals surface area contributed by atoms with Gasteiger partial charge >= 0.3 is 0 Å². The van der Waals surface area contributed by atoms with Crippen LogP contribution in [0.2, 0.25) is 0 Å². The summed E-state index contributed by atoms with van der Waals surface area (Å²) in [5.74, 6) is 1.47. The number of nitrogens with zero attached hydrogens (tertiary/aromatic N) is 4. The monoisotopic (exact) mass is 386 g/mol. The van der Waals surface area contributed by atoms with Crippen LogP contribution in [0, 0.1) is 0 Å². The lowest BCUT2D eigenvalue weighted by molar-refractivity contribution is 0.330. The number of hydrogen-bond donors (Lipinski definition) is 0. The Hall–Kier alpha value is -3.28. The first-order valence-corrected chi connectivity index (χ1v) is 9.99. The van der Waals surface area contributed by atoms with Crippen molar-refractivity contribution in [1.82, 2.24) is 19.5 Å². The first kappa shape index (κ1) is 16.7. The molecule has 0 amide bonds. The summed E-state index contributed by atoms with van der Waals surface area (Å²) >= 11 is 0. The third kappa shape index (κ3) is 2.70. The summed E-state index contributed by atoms with van der Waals surface area (Å²) in [4.78, 5) is 14.0. The van der Waals surface area contributed by atoms with Crippen molar-refractivity contribution in [3.8, 4) is 0 Å². The molecule has 0 spiro atoms. The van der Waals surface area contributed by atoms with Gasteiger partial charge in [-0.2, -0.15) is 0 Å². The van der Waals surface area contributed by atoms with Gasteiger partial charge in [0.1, 0.15) is 23.0 Å². The number of fused-ring (bicyclic) bond motifs is 4. The molecule has 0 unspecified atom stereocenters. The van der Waals surface area contributed by atoms with E-state index in [1.165, 1.54) is 0 Å². The summed E-state index contributed by atoms with van der Waals surface area (Å²) in [7, 11) is 0. The van der Waals surface area contributed by atoms with Crippen LogP contribution >= 0.6 is 0 Å². The van der Waals surface area contributed by atoms with Gasteiger partial charge < -0.3 is 8.98 Å². The van der Waals surface area contributed by atoms with Crippen LogP contribution in [-0.2, 0) is 6.42 Å². The molecule has 29 heavy (non-hydrogen) atoms. The second kappa shape index (κ2) is 6.37. The molecule has 5 aromatic rings. The molecule has 5 nitrogen and oxygen atoms in total. The zero-order chi connectivity index (χ0) is 19.4. The lowest BCUT2D eigenvalue weighted by Crippen LogP contribution is -2.11. The number of aromatic nitrogens is 4. The predicted molar refractivity (Wildman–Crippen MR) is 110 cm³/mol. The van der Waals surface area contributed by atoms with Crippen molar-refractivity contribution in [2.24, 2.45) is 0 Å². The van der Waals surface area contributed by atoms with Crippen molar-refractivity contribution in [2.75, 3.05) is 0 Å². The molecule has 6 rings (SSSR count). The summed E-state index contributed by atoms with van der Waals surface area (Å²) in [5, 5.41) is 1.05. The Morgan fingerprint density at radius 2 is 1.79 bits per heavy atom. The van der Waals surface area contributed by atoms with Gasteiger partial charge in [0.05, 0.1) is 23.7 Å². The Kier molecular flexibility index (Phi) is 3.66. The molecular formula is C23H19FN4O. The smallest absolute Gasteiger partial charge is 0.203 e. The fourth-order valence-corrected chi connectivity index (χ4v) is 4.56. The van der Waals surface area contributed by atoms with E-state index in [9.17, 15) is 4.39 Å². The molecule has 3 aromatic heterocycles. The maximum Gasteiger partial charge on any atom is 0.203 e. The average Bonchev–Trinajstić information content (AvgIpc) is 3.43. The van der Waals surface area contributed by atoms with Crippen molar-refractivity contribution in [2.45, 2.75) is 37.9 Å². The third-order valence-corrected chi connectivity index (χ3v) is 5.85. The summed E-state index contributed by atoms with van der Waals surface area (Å²) in [6, 6.07) is 15.9. The minimum absolute atomic E-state index is 0.0835. The molecule has 1 aliphatic carbocycles. The van der Waals surface area contributed by atoms with E-state index >= 15 is 0 Å². The SMILES string of the molecule is F[C@H]1CC[C@@H](n2c(Cc3nc4ccccc4o3)nc3cnc4ccccc4c32)C1. The van der Waals surface area contributed by atoms with Crippen LogP contribution in [0.15, 0.2) is 59.1 Å². The van der Waals surface area contributed by atoms with Gasteiger partial charge in [-0.05, 0) is 37.5 Å². The number of oxazole rings is 1. The second-order valence-corrected chi connectivity index (χ2v) is 7.72. The van der Waals surface area contributed by atoms with E-state index in [1.54, 1.807) is 0 Å². The quantitative estimate of drug-likeness (QED) is 0.418. The highest BCUT2D eigenvalue weighted by molar-refractivity contribution is 6.02. The van der Waals surface area contributed by atoms with Gasteiger partial charge in [-0.25, -0.2) is 14.4 Å². The molecule has 0 radical (unpaired) electrons. The highest BCUT2D eigenvalue weighted by Gasteiger charge is 2.30. The number of benzene rings is 2. The number of pyridine rings is 1. The van der Waals surface area contributed by atoms with E-state index in [4.69, 9.17) is 9.40 Å². The van der Waals surface area contributed by atoms with Crippen molar-refractivity contribution in [3.63, 3.8) is 0 Å². The number of alkyl halides is 1. The van der Waals surface area contributed by atoms with Crippen LogP contribution in [-0.4, -0.2) is 25.7 Å². The predicted octanol–water partition coefficient (Wildman–Crippen LogP) is 5.38. The zero-order valence-electron chi connectivity index (χ0n) is 15.8. The first-order chi connectivity index (χ1) is 14.3. The van der Waals surface area contributed by atoms with E-state index in [0.29, 0.717) is 25.2 Å². The van der Waals surface area contributed by atoms with Gasteiger partial charge in [-0.1, -0.05) is 30.3 Å². The van der Waals surface area contributed by atoms with Gasteiger partial charge in [0.25, 0.3) is 0 Å². The maximum atomic E-state index is 14.1. The zero-order valence-corrected chi connectivity index (χ0v) is 15.8. The van der Waals surface area contributed by atoms with E-state index in [-0.39, 0.29) is 6.04 Å².